The second-order valence-electron chi connectivity index (χ2n) is 13.6. The van der Waals surface area contributed by atoms with Crippen LogP contribution in [0.2, 0.25) is 0 Å². The zero-order valence-corrected chi connectivity index (χ0v) is 27.9. The van der Waals surface area contributed by atoms with Crippen LogP contribution in [0.5, 0.6) is 0 Å². The van der Waals surface area contributed by atoms with Crippen LogP contribution in [0.1, 0.15) is 27.9 Å². The SMILES string of the molecule is Cc1nnc(-c2ccccc2)nc1-c1ccc(-c2ccc3c(c2)-c2ccccc2C32c3ccccc3-n3c4ccccc4c4cccc2c43)cc1. The molecule has 1 aliphatic carbocycles. The van der Waals surface area contributed by atoms with Gasteiger partial charge in [-0.3, -0.25) is 0 Å². The van der Waals surface area contributed by atoms with E-state index in [2.05, 4.69) is 148 Å². The van der Waals surface area contributed by atoms with Crippen molar-refractivity contribution in [1.82, 2.24) is 19.7 Å². The highest BCUT2D eigenvalue weighted by Crippen LogP contribution is 2.61. The quantitative estimate of drug-likeness (QED) is 0.191. The molecule has 0 bridgehead atoms. The van der Waals surface area contributed by atoms with Gasteiger partial charge in [-0.05, 0) is 69.6 Å². The summed E-state index contributed by atoms with van der Waals surface area (Å²) in [6.07, 6.45) is 0. The Morgan fingerprint density at radius 3 is 2.02 bits per heavy atom. The van der Waals surface area contributed by atoms with Gasteiger partial charge in [0.1, 0.15) is 0 Å². The highest BCUT2D eigenvalue weighted by molar-refractivity contribution is 6.12. The zero-order valence-electron chi connectivity index (χ0n) is 27.9. The molecule has 9 aromatic rings. The summed E-state index contributed by atoms with van der Waals surface area (Å²) >= 11 is 0. The molecule has 51 heavy (non-hydrogen) atoms. The topological polar surface area (TPSA) is 43.6 Å². The number of nitrogens with zero attached hydrogens (tertiary/aromatic N) is 4. The second-order valence-corrected chi connectivity index (χ2v) is 13.6. The van der Waals surface area contributed by atoms with Gasteiger partial charge < -0.3 is 4.57 Å². The Bertz CT molecular complexity index is 2870. The Morgan fingerprint density at radius 2 is 1.14 bits per heavy atom. The van der Waals surface area contributed by atoms with Crippen molar-refractivity contribution in [2.24, 2.45) is 0 Å². The van der Waals surface area contributed by atoms with Gasteiger partial charge in [-0.15, -0.1) is 5.10 Å². The Hall–Kier alpha value is -6.65. The largest absolute Gasteiger partial charge is 0.309 e. The molecule has 0 fully saturated rings. The number of para-hydroxylation sites is 3. The first-order valence-electron chi connectivity index (χ1n) is 17.5. The summed E-state index contributed by atoms with van der Waals surface area (Å²) in [5.41, 5.74) is 17.2. The van der Waals surface area contributed by atoms with Crippen molar-refractivity contribution in [3.8, 4) is 50.6 Å². The molecule has 1 aliphatic heterocycles. The predicted molar refractivity (Wildman–Crippen MR) is 206 cm³/mol. The van der Waals surface area contributed by atoms with Crippen molar-refractivity contribution < 1.29 is 0 Å². The van der Waals surface area contributed by atoms with Gasteiger partial charge in [0.15, 0.2) is 5.82 Å². The van der Waals surface area contributed by atoms with E-state index >= 15 is 0 Å². The third-order valence-electron chi connectivity index (χ3n) is 11.1. The third kappa shape index (κ3) is 3.76. The monoisotopic (exact) mass is 650 g/mol. The molecular weight excluding hydrogens is 621 g/mol. The van der Waals surface area contributed by atoms with Gasteiger partial charge in [-0.2, -0.15) is 5.10 Å². The fraction of sp³-hybridized carbons (Fsp3) is 0.0426. The van der Waals surface area contributed by atoms with Gasteiger partial charge >= 0.3 is 0 Å². The zero-order chi connectivity index (χ0) is 33.7. The first kappa shape index (κ1) is 28.2. The predicted octanol–water partition coefficient (Wildman–Crippen LogP) is 11.0. The molecule has 0 saturated heterocycles. The molecule has 0 amide bonds. The summed E-state index contributed by atoms with van der Waals surface area (Å²) in [7, 11) is 0. The number of aryl methyl sites for hydroxylation is 1. The van der Waals surface area contributed by atoms with E-state index in [9.17, 15) is 0 Å². The van der Waals surface area contributed by atoms with Crippen LogP contribution >= 0.6 is 0 Å². The lowest BCUT2D eigenvalue weighted by Gasteiger charge is -2.39. The standard InChI is InChI=1S/C47H30N4/c1-29-44(48-46(50-49-29)32-12-3-2-4-13-32)31-24-22-30(23-25-31)33-26-27-39-37(28-33)34-14-5-7-17-38(34)47(39)40-18-8-10-21-43(40)51-42-20-9-6-15-35(42)36-16-11-19-41(47)45(36)51/h2-28H,1H3. The van der Waals surface area contributed by atoms with Crippen molar-refractivity contribution in [3.05, 3.63) is 192 Å². The maximum atomic E-state index is 4.92. The van der Waals surface area contributed by atoms with Gasteiger partial charge in [-0.1, -0.05) is 146 Å². The molecule has 7 aromatic carbocycles. The number of hydrogen-bond acceptors (Lipinski definition) is 3. The highest BCUT2D eigenvalue weighted by Gasteiger charge is 2.50. The second kappa shape index (κ2) is 10.4. The van der Waals surface area contributed by atoms with Gasteiger partial charge in [-0.25, -0.2) is 4.98 Å². The number of fused-ring (bicyclic) bond motifs is 12. The van der Waals surface area contributed by atoms with Crippen molar-refractivity contribution in [3.63, 3.8) is 0 Å². The molecule has 0 saturated carbocycles. The van der Waals surface area contributed by atoms with Crippen LogP contribution in [-0.2, 0) is 5.41 Å². The van der Waals surface area contributed by atoms with E-state index in [0.717, 1.165) is 28.1 Å². The maximum Gasteiger partial charge on any atom is 0.182 e. The summed E-state index contributed by atoms with van der Waals surface area (Å²) in [6, 6.07) is 59.6. The van der Waals surface area contributed by atoms with Crippen LogP contribution < -0.4 is 0 Å². The van der Waals surface area contributed by atoms with E-state index in [1.54, 1.807) is 0 Å². The van der Waals surface area contributed by atoms with Crippen LogP contribution in [0.4, 0.5) is 0 Å². The summed E-state index contributed by atoms with van der Waals surface area (Å²) in [5.74, 6) is 0.631. The van der Waals surface area contributed by atoms with E-state index < -0.39 is 5.41 Å². The van der Waals surface area contributed by atoms with Gasteiger partial charge in [0.2, 0.25) is 0 Å². The fourth-order valence-electron chi connectivity index (χ4n) is 8.93. The molecule has 0 radical (unpaired) electrons. The first-order valence-corrected chi connectivity index (χ1v) is 17.5. The molecule has 1 atom stereocenters. The van der Waals surface area contributed by atoms with Crippen molar-refractivity contribution in [1.29, 1.82) is 0 Å². The molecule has 1 unspecified atom stereocenters. The Kier molecular flexibility index (Phi) is 5.77. The lowest BCUT2D eigenvalue weighted by molar-refractivity contribution is 0.748. The molecule has 4 nitrogen and oxygen atoms in total. The van der Waals surface area contributed by atoms with Gasteiger partial charge in [0.05, 0.1) is 33.5 Å². The molecule has 11 rings (SSSR count). The summed E-state index contributed by atoms with van der Waals surface area (Å²) < 4.78 is 2.49. The van der Waals surface area contributed by atoms with Crippen molar-refractivity contribution in [2.75, 3.05) is 0 Å². The molecule has 2 aliphatic rings. The lowest BCUT2D eigenvalue weighted by atomic mass is 9.65. The number of aromatic nitrogens is 4. The van der Waals surface area contributed by atoms with Crippen molar-refractivity contribution in [2.45, 2.75) is 12.3 Å². The van der Waals surface area contributed by atoms with E-state index in [1.165, 1.54) is 66.4 Å². The average Bonchev–Trinajstić information content (AvgIpc) is 3.69. The minimum absolute atomic E-state index is 0.442. The van der Waals surface area contributed by atoms with Crippen LogP contribution in [0, 0.1) is 6.92 Å². The molecule has 238 valence electrons. The minimum Gasteiger partial charge on any atom is -0.309 e. The normalized spacial score (nSPS) is 15.2. The van der Waals surface area contributed by atoms with Gasteiger partial charge in [0, 0.05) is 21.9 Å². The highest BCUT2D eigenvalue weighted by atomic mass is 15.2. The smallest absolute Gasteiger partial charge is 0.182 e. The number of rotatable bonds is 3. The van der Waals surface area contributed by atoms with Crippen LogP contribution in [0.15, 0.2) is 164 Å². The Morgan fingerprint density at radius 1 is 0.471 bits per heavy atom. The molecule has 2 aromatic heterocycles. The Labute approximate surface area is 295 Å². The molecule has 1 spiro atoms. The molecular formula is C47H30N4. The fourth-order valence-corrected chi connectivity index (χ4v) is 8.93. The van der Waals surface area contributed by atoms with Gasteiger partial charge in [0.25, 0.3) is 0 Å². The maximum absolute atomic E-state index is 4.92. The minimum atomic E-state index is -0.442. The summed E-state index contributed by atoms with van der Waals surface area (Å²) in [6.45, 7) is 1.97. The van der Waals surface area contributed by atoms with Crippen LogP contribution in [0.25, 0.3) is 72.4 Å². The molecule has 3 heterocycles. The average molecular weight is 651 g/mol. The van der Waals surface area contributed by atoms with E-state index in [-0.39, 0.29) is 0 Å². The number of benzene rings is 7. The van der Waals surface area contributed by atoms with Crippen LogP contribution in [0.3, 0.4) is 0 Å². The summed E-state index contributed by atoms with van der Waals surface area (Å²) in [4.78, 5) is 4.92. The van der Waals surface area contributed by atoms with E-state index in [1.807, 2.05) is 37.3 Å². The number of hydrogen-bond donors (Lipinski definition) is 0. The van der Waals surface area contributed by atoms with Crippen molar-refractivity contribution >= 4 is 21.8 Å². The Balaban J connectivity index is 1.09. The van der Waals surface area contributed by atoms with E-state index in [0.29, 0.717) is 5.82 Å². The lowest BCUT2D eigenvalue weighted by Crippen LogP contribution is -2.33. The van der Waals surface area contributed by atoms with Crippen LogP contribution in [-0.4, -0.2) is 19.7 Å². The molecule has 4 heteroatoms. The first-order chi connectivity index (χ1) is 25.2. The van der Waals surface area contributed by atoms with E-state index in [4.69, 9.17) is 4.98 Å². The molecule has 0 N–H and O–H groups in total. The third-order valence-corrected chi connectivity index (χ3v) is 11.1. The summed E-state index contributed by atoms with van der Waals surface area (Å²) in [5, 5.41) is 11.4.